The van der Waals surface area contributed by atoms with Crippen molar-refractivity contribution in [2.75, 3.05) is 11.9 Å². The van der Waals surface area contributed by atoms with Crippen molar-refractivity contribution in [1.82, 2.24) is 9.88 Å². The van der Waals surface area contributed by atoms with Crippen molar-refractivity contribution >= 4 is 28.5 Å². The Kier molecular flexibility index (Phi) is 4.20. The fraction of sp³-hybridized carbons (Fsp3) is 0.583. The van der Waals surface area contributed by atoms with Crippen LogP contribution in [0.15, 0.2) is 24.3 Å². The van der Waals surface area contributed by atoms with E-state index >= 15 is 0 Å². The molecule has 2 aliphatic carbocycles. The number of fused-ring (bicyclic) bond motifs is 4. The van der Waals surface area contributed by atoms with Crippen LogP contribution >= 0.6 is 0 Å². The number of benzene rings is 1. The van der Waals surface area contributed by atoms with Gasteiger partial charge in [0.1, 0.15) is 5.69 Å². The summed E-state index contributed by atoms with van der Waals surface area (Å²) in [6.45, 7) is 0.925. The second-order valence-electron chi connectivity index (χ2n) is 9.60. The van der Waals surface area contributed by atoms with E-state index in [1.807, 2.05) is 24.3 Å². The molecule has 6 heteroatoms. The predicted octanol–water partition coefficient (Wildman–Crippen LogP) is 4.15. The Bertz CT molecular complexity index is 1020. The van der Waals surface area contributed by atoms with Gasteiger partial charge in [0.05, 0.1) is 11.6 Å². The van der Waals surface area contributed by atoms with Crippen molar-refractivity contribution in [2.24, 2.45) is 11.8 Å². The van der Waals surface area contributed by atoms with Crippen LogP contribution in [0.5, 0.6) is 0 Å². The lowest BCUT2D eigenvalue weighted by Gasteiger charge is -2.38. The van der Waals surface area contributed by atoms with Crippen LogP contribution in [0.1, 0.15) is 68.3 Å². The van der Waals surface area contributed by atoms with E-state index in [9.17, 15) is 9.59 Å². The van der Waals surface area contributed by atoms with Crippen molar-refractivity contribution in [2.45, 2.75) is 69.6 Å². The molecule has 6 nitrogen and oxygen atoms in total. The van der Waals surface area contributed by atoms with Gasteiger partial charge in [-0.15, -0.1) is 0 Å². The molecule has 2 aliphatic heterocycles. The van der Waals surface area contributed by atoms with Crippen LogP contribution in [0.3, 0.4) is 0 Å². The number of nitrogens with one attached hydrogen (secondary N) is 2. The standard InChI is InChI=1S/C24H29N3O3/c28-22(21-18(9-12-25-21)15-5-2-1-3-6-15)26-17-7-8-19-16(13-17)14-20-23(29)30-24(27(19)20)10-4-11-24/h7-8,13-15,18,21,25H,1-6,9-12H2,(H,26,28)/t18-,21-/m0/s1. The summed E-state index contributed by atoms with van der Waals surface area (Å²) in [5.41, 5.74) is 1.96. The van der Waals surface area contributed by atoms with E-state index in [1.54, 1.807) is 0 Å². The average molecular weight is 408 g/mol. The molecule has 0 unspecified atom stereocenters. The maximum atomic E-state index is 13.1. The Labute approximate surface area is 176 Å². The summed E-state index contributed by atoms with van der Waals surface area (Å²) < 4.78 is 7.75. The van der Waals surface area contributed by atoms with Gasteiger partial charge in [-0.2, -0.15) is 0 Å². The van der Waals surface area contributed by atoms with Crippen molar-refractivity contribution in [1.29, 1.82) is 0 Å². The Morgan fingerprint density at radius 2 is 1.93 bits per heavy atom. The van der Waals surface area contributed by atoms with Gasteiger partial charge < -0.3 is 15.4 Å². The molecule has 2 aromatic rings. The van der Waals surface area contributed by atoms with Gasteiger partial charge in [0, 0.05) is 23.9 Å². The summed E-state index contributed by atoms with van der Waals surface area (Å²) in [6, 6.07) is 7.75. The Morgan fingerprint density at radius 1 is 1.10 bits per heavy atom. The highest BCUT2D eigenvalue weighted by Crippen LogP contribution is 2.48. The van der Waals surface area contributed by atoms with Crippen molar-refractivity contribution in [3.63, 3.8) is 0 Å². The molecule has 1 aromatic heterocycles. The molecule has 3 heterocycles. The molecule has 3 fully saturated rings. The minimum atomic E-state index is -0.472. The number of aromatic nitrogens is 1. The minimum Gasteiger partial charge on any atom is -0.434 e. The van der Waals surface area contributed by atoms with Crippen LogP contribution in [-0.2, 0) is 15.3 Å². The molecule has 2 atom stereocenters. The molecule has 2 saturated carbocycles. The lowest BCUT2D eigenvalue weighted by Crippen LogP contribution is -2.42. The Morgan fingerprint density at radius 3 is 2.70 bits per heavy atom. The molecule has 0 bridgehead atoms. The van der Waals surface area contributed by atoms with Gasteiger partial charge in [0.2, 0.25) is 5.91 Å². The highest BCUT2D eigenvalue weighted by atomic mass is 16.6. The van der Waals surface area contributed by atoms with Gasteiger partial charge in [-0.1, -0.05) is 32.1 Å². The molecule has 1 amide bonds. The molecule has 2 N–H and O–H groups in total. The minimum absolute atomic E-state index is 0.0732. The summed E-state index contributed by atoms with van der Waals surface area (Å²) in [7, 11) is 0. The number of carbonyl (C=O) groups is 2. The summed E-state index contributed by atoms with van der Waals surface area (Å²) in [4.78, 5) is 25.4. The molecule has 4 aliphatic rings. The fourth-order valence-corrected chi connectivity index (χ4v) is 6.26. The summed E-state index contributed by atoms with van der Waals surface area (Å²) in [6.07, 6.45) is 10.4. The number of carbonyl (C=O) groups excluding carboxylic acids is 2. The third kappa shape index (κ3) is 2.73. The molecular weight excluding hydrogens is 378 g/mol. The predicted molar refractivity (Wildman–Crippen MR) is 114 cm³/mol. The number of hydrogen-bond donors (Lipinski definition) is 2. The second kappa shape index (κ2) is 6.84. The quantitative estimate of drug-likeness (QED) is 0.750. The van der Waals surface area contributed by atoms with Crippen LogP contribution < -0.4 is 10.6 Å². The first-order valence-corrected chi connectivity index (χ1v) is 11.6. The first-order valence-electron chi connectivity index (χ1n) is 11.6. The van der Waals surface area contributed by atoms with E-state index in [4.69, 9.17) is 4.74 Å². The van der Waals surface area contributed by atoms with Gasteiger partial charge in [0.25, 0.3) is 0 Å². The zero-order chi connectivity index (χ0) is 20.3. The Balaban J connectivity index is 1.24. The van der Waals surface area contributed by atoms with Crippen molar-refractivity contribution in [3.05, 3.63) is 30.0 Å². The smallest absolute Gasteiger partial charge is 0.357 e. The summed E-state index contributed by atoms with van der Waals surface area (Å²) >= 11 is 0. The summed E-state index contributed by atoms with van der Waals surface area (Å²) in [5.74, 6) is 0.956. The molecule has 1 saturated heterocycles. The van der Waals surface area contributed by atoms with Crippen LogP contribution in [0, 0.1) is 11.8 Å². The van der Waals surface area contributed by atoms with E-state index < -0.39 is 5.72 Å². The van der Waals surface area contributed by atoms with Crippen LogP contribution in [-0.4, -0.2) is 29.0 Å². The number of anilines is 1. The van der Waals surface area contributed by atoms with Gasteiger partial charge >= 0.3 is 5.97 Å². The lowest BCUT2D eigenvalue weighted by atomic mass is 9.76. The third-order valence-electron chi connectivity index (χ3n) is 7.91. The first-order chi connectivity index (χ1) is 14.6. The molecule has 1 aromatic carbocycles. The third-order valence-corrected chi connectivity index (χ3v) is 7.91. The average Bonchev–Trinajstić information content (AvgIpc) is 3.42. The van der Waals surface area contributed by atoms with Crippen molar-refractivity contribution < 1.29 is 14.3 Å². The second-order valence-corrected chi connectivity index (χ2v) is 9.60. The van der Waals surface area contributed by atoms with Gasteiger partial charge in [-0.05, 0) is 55.5 Å². The number of ether oxygens (including phenoxy) is 1. The Hall–Kier alpha value is -2.34. The van der Waals surface area contributed by atoms with Crippen LogP contribution in [0.25, 0.3) is 10.9 Å². The van der Waals surface area contributed by atoms with E-state index in [0.29, 0.717) is 17.5 Å². The molecular formula is C24H29N3O3. The molecule has 0 radical (unpaired) electrons. The van der Waals surface area contributed by atoms with Crippen LogP contribution in [0.4, 0.5) is 5.69 Å². The summed E-state index contributed by atoms with van der Waals surface area (Å²) in [5, 5.41) is 7.57. The normalized spacial score (nSPS) is 27.8. The number of nitrogens with zero attached hydrogens (tertiary/aromatic N) is 1. The SMILES string of the molecule is O=C1OC2(CCC2)n2c1cc1cc(NC(=O)[C@H]3NCC[C@H]3C3CCCCC3)ccc12. The van der Waals surface area contributed by atoms with E-state index in [-0.39, 0.29) is 17.9 Å². The number of esters is 1. The fourth-order valence-electron chi connectivity index (χ4n) is 6.26. The van der Waals surface area contributed by atoms with Gasteiger partial charge in [-0.25, -0.2) is 4.79 Å². The maximum absolute atomic E-state index is 13.1. The molecule has 1 spiro atoms. The zero-order valence-corrected chi connectivity index (χ0v) is 17.3. The van der Waals surface area contributed by atoms with Gasteiger partial charge in [0.15, 0.2) is 5.72 Å². The number of amides is 1. The lowest BCUT2D eigenvalue weighted by molar-refractivity contribution is -0.119. The molecule has 30 heavy (non-hydrogen) atoms. The number of rotatable bonds is 3. The monoisotopic (exact) mass is 407 g/mol. The highest BCUT2D eigenvalue weighted by Gasteiger charge is 2.50. The van der Waals surface area contributed by atoms with E-state index in [0.717, 1.165) is 48.8 Å². The van der Waals surface area contributed by atoms with Crippen molar-refractivity contribution in [3.8, 4) is 0 Å². The van der Waals surface area contributed by atoms with E-state index in [2.05, 4.69) is 15.2 Å². The first kappa shape index (κ1) is 18.4. The topological polar surface area (TPSA) is 72.4 Å². The molecule has 6 rings (SSSR count). The van der Waals surface area contributed by atoms with Crippen LogP contribution in [0.2, 0.25) is 0 Å². The highest BCUT2D eigenvalue weighted by molar-refractivity contribution is 6.01. The largest absolute Gasteiger partial charge is 0.434 e. The molecule has 158 valence electrons. The maximum Gasteiger partial charge on any atom is 0.357 e. The zero-order valence-electron chi connectivity index (χ0n) is 17.3. The number of hydrogen-bond acceptors (Lipinski definition) is 4. The van der Waals surface area contributed by atoms with E-state index in [1.165, 1.54) is 32.1 Å². The van der Waals surface area contributed by atoms with Gasteiger partial charge in [-0.3, -0.25) is 9.36 Å².